The second-order valence-electron chi connectivity index (χ2n) is 3.27. The maximum atomic E-state index is 12.5. The Morgan fingerprint density at radius 2 is 2.00 bits per heavy atom. The number of alkyl halides is 3. The molecule has 1 aromatic rings. The highest BCUT2D eigenvalue weighted by Gasteiger charge is 2.31. The van der Waals surface area contributed by atoms with E-state index in [9.17, 15) is 13.2 Å². The Hall–Kier alpha value is -1.00. The van der Waals surface area contributed by atoms with Crippen molar-refractivity contribution >= 4 is 11.6 Å². The predicted octanol–water partition coefficient (Wildman–Crippen LogP) is 3.81. The van der Waals surface area contributed by atoms with Gasteiger partial charge in [0.15, 0.2) is 0 Å². The third-order valence-electron chi connectivity index (χ3n) is 2.15. The van der Waals surface area contributed by atoms with Crippen molar-refractivity contribution in [3.8, 4) is 0 Å². The summed E-state index contributed by atoms with van der Waals surface area (Å²) in [7, 11) is 1.64. The Balaban J connectivity index is 3.22. The number of benzene rings is 1. The largest absolute Gasteiger partial charge is 0.416 e. The molecule has 0 bridgehead atoms. The molecule has 1 aromatic carbocycles. The lowest BCUT2D eigenvalue weighted by atomic mass is 10.0. The second kappa shape index (κ2) is 4.89. The summed E-state index contributed by atoms with van der Waals surface area (Å²) in [5.41, 5.74) is -0.311. The molecule has 1 nitrogen and oxygen atoms in total. The number of halogens is 4. The van der Waals surface area contributed by atoms with Crippen LogP contribution in [0.2, 0.25) is 5.02 Å². The van der Waals surface area contributed by atoms with Crippen molar-refractivity contribution in [1.82, 2.24) is 5.32 Å². The molecular formula is C11H11ClF3N. The molecule has 0 aromatic heterocycles. The van der Waals surface area contributed by atoms with Crippen LogP contribution in [0, 0.1) is 0 Å². The van der Waals surface area contributed by atoms with E-state index in [1.54, 1.807) is 7.05 Å². The highest BCUT2D eigenvalue weighted by molar-refractivity contribution is 6.30. The zero-order valence-electron chi connectivity index (χ0n) is 8.61. The zero-order valence-corrected chi connectivity index (χ0v) is 9.36. The fourth-order valence-corrected chi connectivity index (χ4v) is 1.62. The second-order valence-corrected chi connectivity index (χ2v) is 3.71. The quantitative estimate of drug-likeness (QED) is 0.804. The molecule has 0 aliphatic carbocycles. The molecule has 0 saturated heterocycles. The molecule has 1 N–H and O–H groups in total. The first-order chi connectivity index (χ1) is 7.38. The molecule has 1 rings (SSSR count). The van der Waals surface area contributed by atoms with Crippen molar-refractivity contribution in [2.75, 3.05) is 7.05 Å². The molecule has 0 unspecified atom stereocenters. The summed E-state index contributed by atoms with van der Waals surface area (Å²) in [6.45, 7) is 3.54. The van der Waals surface area contributed by atoms with Crippen LogP contribution in [0.3, 0.4) is 0 Å². The minimum Gasteiger partial charge on any atom is -0.310 e. The van der Waals surface area contributed by atoms with Crippen molar-refractivity contribution in [1.29, 1.82) is 0 Å². The van der Waals surface area contributed by atoms with Gasteiger partial charge in [0.1, 0.15) is 0 Å². The minimum atomic E-state index is -4.39. The minimum absolute atomic E-state index is 0.0620. The Bertz CT molecular complexity index is 387. The average molecular weight is 250 g/mol. The summed E-state index contributed by atoms with van der Waals surface area (Å²) >= 11 is 5.65. The van der Waals surface area contributed by atoms with Gasteiger partial charge in [-0.25, -0.2) is 0 Å². The van der Waals surface area contributed by atoms with E-state index in [0.29, 0.717) is 5.56 Å². The van der Waals surface area contributed by atoms with Crippen LogP contribution < -0.4 is 5.32 Å². The summed E-state index contributed by atoms with van der Waals surface area (Å²) in [4.78, 5) is 0. The van der Waals surface area contributed by atoms with Crippen LogP contribution in [0.4, 0.5) is 13.2 Å². The summed E-state index contributed by atoms with van der Waals surface area (Å²) in [6.07, 6.45) is -2.87. The number of rotatable bonds is 3. The lowest BCUT2D eigenvalue weighted by molar-refractivity contribution is -0.137. The van der Waals surface area contributed by atoms with Crippen molar-refractivity contribution in [2.45, 2.75) is 12.2 Å². The summed E-state index contributed by atoms with van der Waals surface area (Å²) in [5, 5.41) is 2.89. The van der Waals surface area contributed by atoms with E-state index < -0.39 is 11.7 Å². The van der Waals surface area contributed by atoms with Gasteiger partial charge in [-0.15, -0.1) is 6.58 Å². The number of hydrogen-bond donors (Lipinski definition) is 1. The summed E-state index contributed by atoms with van der Waals surface area (Å²) in [5.74, 6) is 0. The van der Waals surface area contributed by atoms with E-state index >= 15 is 0 Å². The van der Waals surface area contributed by atoms with Crippen LogP contribution in [0.5, 0.6) is 0 Å². The molecule has 0 aliphatic heterocycles. The van der Waals surface area contributed by atoms with E-state index in [4.69, 9.17) is 11.6 Å². The first-order valence-corrected chi connectivity index (χ1v) is 4.93. The number of hydrogen-bond acceptors (Lipinski definition) is 1. The fourth-order valence-electron chi connectivity index (χ4n) is 1.38. The molecule has 0 amide bonds. The first-order valence-electron chi connectivity index (χ1n) is 4.56. The third-order valence-corrected chi connectivity index (χ3v) is 2.37. The third kappa shape index (κ3) is 3.00. The van der Waals surface area contributed by atoms with Gasteiger partial charge in [0.25, 0.3) is 0 Å². The maximum absolute atomic E-state index is 12.5. The van der Waals surface area contributed by atoms with Gasteiger partial charge >= 0.3 is 6.18 Å². The van der Waals surface area contributed by atoms with Crippen LogP contribution in [-0.4, -0.2) is 7.05 Å². The monoisotopic (exact) mass is 249 g/mol. The van der Waals surface area contributed by atoms with Crippen LogP contribution in [0.1, 0.15) is 17.2 Å². The first kappa shape index (κ1) is 13.1. The fraction of sp³-hybridized carbons (Fsp3) is 0.273. The van der Waals surface area contributed by atoms with Gasteiger partial charge in [0, 0.05) is 5.02 Å². The lowest BCUT2D eigenvalue weighted by Crippen LogP contribution is -2.15. The van der Waals surface area contributed by atoms with Crippen LogP contribution in [0.25, 0.3) is 0 Å². The Morgan fingerprint density at radius 3 is 2.44 bits per heavy atom. The smallest absolute Gasteiger partial charge is 0.310 e. The lowest BCUT2D eigenvalue weighted by Gasteiger charge is -2.15. The van der Waals surface area contributed by atoms with E-state index in [0.717, 1.165) is 12.1 Å². The molecule has 0 radical (unpaired) electrons. The van der Waals surface area contributed by atoms with Gasteiger partial charge in [-0.05, 0) is 30.8 Å². The van der Waals surface area contributed by atoms with E-state index in [2.05, 4.69) is 11.9 Å². The van der Waals surface area contributed by atoms with Gasteiger partial charge in [-0.2, -0.15) is 13.2 Å². The molecule has 1 atom stereocenters. The van der Waals surface area contributed by atoms with Crippen LogP contribution >= 0.6 is 11.6 Å². The Morgan fingerprint density at radius 1 is 1.38 bits per heavy atom. The summed E-state index contributed by atoms with van der Waals surface area (Å²) < 4.78 is 37.5. The van der Waals surface area contributed by atoms with Crippen molar-refractivity contribution in [3.05, 3.63) is 47.0 Å². The number of likely N-dealkylation sites (N-methyl/N-ethyl adjacent to an activating group) is 1. The van der Waals surface area contributed by atoms with Crippen molar-refractivity contribution in [2.24, 2.45) is 0 Å². The van der Waals surface area contributed by atoms with Gasteiger partial charge in [-0.3, -0.25) is 0 Å². The highest BCUT2D eigenvalue weighted by atomic mass is 35.5. The molecule has 5 heteroatoms. The SMILES string of the molecule is C=C[C@@H](NC)c1cc(Cl)cc(C(F)(F)F)c1. The van der Waals surface area contributed by atoms with Gasteiger partial charge in [0.05, 0.1) is 11.6 Å². The Labute approximate surface area is 96.9 Å². The average Bonchev–Trinajstić information content (AvgIpc) is 2.17. The molecule has 0 fully saturated rings. The van der Waals surface area contributed by atoms with E-state index in [1.807, 2.05) is 0 Å². The molecule has 0 saturated carbocycles. The van der Waals surface area contributed by atoms with Crippen molar-refractivity contribution < 1.29 is 13.2 Å². The van der Waals surface area contributed by atoms with Gasteiger partial charge < -0.3 is 5.32 Å². The zero-order chi connectivity index (χ0) is 12.3. The molecule has 88 valence electrons. The predicted molar refractivity (Wildman–Crippen MR) is 58.5 cm³/mol. The highest BCUT2D eigenvalue weighted by Crippen LogP contribution is 2.33. The Kier molecular flexibility index (Phi) is 3.99. The van der Waals surface area contributed by atoms with Crippen molar-refractivity contribution in [3.63, 3.8) is 0 Å². The topological polar surface area (TPSA) is 12.0 Å². The molecular weight excluding hydrogens is 239 g/mol. The molecule has 0 spiro atoms. The number of nitrogens with one attached hydrogen (secondary N) is 1. The van der Waals surface area contributed by atoms with E-state index in [1.165, 1.54) is 12.1 Å². The molecule has 16 heavy (non-hydrogen) atoms. The molecule has 0 heterocycles. The maximum Gasteiger partial charge on any atom is 0.416 e. The standard InChI is InChI=1S/C11H11ClF3N/c1-3-10(16-2)7-4-8(11(13,14)15)6-9(12)5-7/h3-6,10,16H,1H2,2H3/t10-/m1/s1. The van der Waals surface area contributed by atoms with Crippen LogP contribution in [0.15, 0.2) is 30.9 Å². The molecule has 0 aliphatic rings. The normalized spacial score (nSPS) is 13.6. The van der Waals surface area contributed by atoms with Gasteiger partial charge in [-0.1, -0.05) is 17.7 Å². The van der Waals surface area contributed by atoms with E-state index in [-0.39, 0.29) is 11.1 Å². The summed E-state index contributed by atoms with van der Waals surface area (Å²) in [6, 6.07) is 3.11. The van der Waals surface area contributed by atoms with Crippen LogP contribution in [-0.2, 0) is 6.18 Å². The van der Waals surface area contributed by atoms with Gasteiger partial charge in [0.2, 0.25) is 0 Å².